The highest BCUT2D eigenvalue weighted by molar-refractivity contribution is 5.93. The molecule has 9 nitrogen and oxygen atoms in total. The van der Waals surface area contributed by atoms with E-state index in [2.05, 4.69) is 15.0 Å². The molecule has 0 atom stereocenters. The largest absolute Gasteiger partial charge is 0.710 e. The fourth-order valence-corrected chi connectivity index (χ4v) is 3.61. The Balaban J connectivity index is 1.61. The van der Waals surface area contributed by atoms with E-state index in [0.717, 1.165) is 4.73 Å². The Morgan fingerprint density at radius 3 is 2.52 bits per heavy atom. The molecule has 0 fully saturated rings. The highest BCUT2D eigenvalue weighted by Crippen LogP contribution is 2.40. The highest BCUT2D eigenvalue weighted by atomic mass is 16.7. The van der Waals surface area contributed by atoms with Crippen molar-refractivity contribution in [3.63, 3.8) is 0 Å². The van der Waals surface area contributed by atoms with Crippen LogP contribution in [0.5, 0.6) is 23.0 Å². The van der Waals surface area contributed by atoms with Gasteiger partial charge < -0.3 is 29.1 Å². The zero-order chi connectivity index (χ0) is 19.4. The Morgan fingerprint density at radius 1 is 0.966 bits per heavy atom. The van der Waals surface area contributed by atoms with Crippen LogP contribution in [0.1, 0.15) is 11.6 Å². The standard InChI is InChI=1S/C20H14N4O5/c25-24-19(8-18-21-3-4-22-18)23-13-7-17-16(28-10-29-17)6-12(13)20(24)11-1-2-14-15(5-11)27-9-26-14/h1-7H,8-10H2,(H,21,22). The number of aromatic amines is 1. The number of aromatic nitrogens is 4. The van der Waals surface area contributed by atoms with Gasteiger partial charge in [-0.05, 0) is 23.2 Å². The molecular weight excluding hydrogens is 376 g/mol. The van der Waals surface area contributed by atoms with E-state index in [1.807, 2.05) is 6.07 Å². The van der Waals surface area contributed by atoms with Gasteiger partial charge in [-0.1, -0.05) is 0 Å². The van der Waals surface area contributed by atoms with Crippen LogP contribution >= 0.6 is 0 Å². The van der Waals surface area contributed by atoms with Crippen LogP contribution in [0.25, 0.3) is 22.2 Å². The van der Waals surface area contributed by atoms with E-state index in [-0.39, 0.29) is 20.0 Å². The number of ether oxygens (including phenoxy) is 4. The molecule has 0 saturated carbocycles. The maximum Gasteiger partial charge on any atom is 0.310 e. The van der Waals surface area contributed by atoms with Gasteiger partial charge in [0, 0.05) is 30.1 Å². The maximum absolute atomic E-state index is 13.4. The van der Waals surface area contributed by atoms with E-state index in [0.29, 0.717) is 56.8 Å². The molecule has 2 aromatic heterocycles. The quantitative estimate of drug-likeness (QED) is 0.423. The molecule has 0 amide bonds. The number of rotatable bonds is 3. The van der Waals surface area contributed by atoms with Gasteiger partial charge in [0.2, 0.25) is 13.6 Å². The van der Waals surface area contributed by atoms with E-state index >= 15 is 0 Å². The predicted octanol–water partition coefficient (Wildman–Crippen LogP) is 2.31. The van der Waals surface area contributed by atoms with E-state index in [9.17, 15) is 5.21 Å². The van der Waals surface area contributed by atoms with Gasteiger partial charge in [-0.3, -0.25) is 0 Å². The lowest BCUT2D eigenvalue weighted by molar-refractivity contribution is -0.604. The van der Waals surface area contributed by atoms with Crippen LogP contribution in [-0.2, 0) is 6.42 Å². The number of benzene rings is 2. The second kappa shape index (κ2) is 5.99. The van der Waals surface area contributed by atoms with E-state index < -0.39 is 0 Å². The van der Waals surface area contributed by atoms with Crippen molar-refractivity contribution in [2.75, 3.05) is 13.6 Å². The zero-order valence-electron chi connectivity index (χ0n) is 15.0. The number of hydrogen-bond acceptors (Lipinski definition) is 7. The van der Waals surface area contributed by atoms with Gasteiger partial charge >= 0.3 is 5.82 Å². The highest BCUT2D eigenvalue weighted by Gasteiger charge is 2.26. The first-order valence-electron chi connectivity index (χ1n) is 9.00. The van der Waals surface area contributed by atoms with Gasteiger partial charge in [0.1, 0.15) is 17.9 Å². The Labute approximate surface area is 164 Å². The topological polar surface area (TPSA) is 105 Å². The lowest BCUT2D eigenvalue weighted by Gasteiger charge is -2.15. The maximum atomic E-state index is 13.4. The smallest absolute Gasteiger partial charge is 0.310 e. The van der Waals surface area contributed by atoms with Crippen LogP contribution in [-0.4, -0.2) is 28.5 Å². The van der Waals surface area contributed by atoms with Gasteiger partial charge in [0.05, 0.1) is 5.39 Å². The minimum Gasteiger partial charge on any atom is -0.710 e. The molecule has 0 radical (unpaired) electrons. The molecule has 0 unspecified atom stereocenters. The lowest BCUT2D eigenvalue weighted by Crippen LogP contribution is -2.36. The first kappa shape index (κ1) is 16.0. The molecule has 0 bridgehead atoms. The number of H-pyrrole nitrogens is 1. The summed E-state index contributed by atoms with van der Waals surface area (Å²) in [4.78, 5) is 11.8. The Bertz CT molecular complexity index is 1260. The minimum absolute atomic E-state index is 0.141. The SMILES string of the molecule is [O-][n+]1c(Cc2ncc[nH]2)nc2cc3c(cc2c1-c1ccc2c(c1)OCO2)OCO3. The molecule has 2 aromatic carbocycles. The van der Waals surface area contributed by atoms with E-state index in [1.165, 1.54) is 0 Å². The van der Waals surface area contributed by atoms with Crippen LogP contribution in [0.4, 0.5) is 0 Å². The van der Waals surface area contributed by atoms with Crippen molar-refractivity contribution < 1.29 is 23.7 Å². The molecule has 6 rings (SSSR count). The fourth-order valence-electron chi connectivity index (χ4n) is 3.61. The summed E-state index contributed by atoms with van der Waals surface area (Å²) in [5.41, 5.74) is 1.78. The first-order chi connectivity index (χ1) is 14.3. The predicted molar refractivity (Wildman–Crippen MR) is 99.8 cm³/mol. The van der Waals surface area contributed by atoms with Crippen LogP contribution in [0.2, 0.25) is 0 Å². The summed E-state index contributed by atoms with van der Waals surface area (Å²) in [5, 5.41) is 14.0. The normalized spacial score (nSPS) is 13.9. The van der Waals surface area contributed by atoms with Crippen molar-refractivity contribution in [1.29, 1.82) is 0 Å². The molecule has 4 heterocycles. The molecule has 0 spiro atoms. The molecule has 9 heteroatoms. The summed E-state index contributed by atoms with van der Waals surface area (Å²) in [7, 11) is 0. The number of imidazole rings is 1. The third kappa shape index (κ3) is 2.51. The summed E-state index contributed by atoms with van der Waals surface area (Å²) in [6.45, 7) is 0.303. The number of nitrogens with zero attached hydrogens (tertiary/aromatic N) is 3. The van der Waals surface area contributed by atoms with Crippen molar-refractivity contribution >= 4 is 10.9 Å². The van der Waals surface area contributed by atoms with Gasteiger partial charge in [-0.25, -0.2) is 9.71 Å². The second-order valence-corrected chi connectivity index (χ2v) is 6.67. The summed E-state index contributed by atoms with van der Waals surface area (Å²) < 4.78 is 22.7. The lowest BCUT2D eigenvalue weighted by atomic mass is 10.0. The zero-order valence-corrected chi connectivity index (χ0v) is 15.0. The summed E-state index contributed by atoms with van der Waals surface area (Å²) in [6, 6.07) is 9.00. The third-order valence-electron chi connectivity index (χ3n) is 4.96. The van der Waals surface area contributed by atoms with Crippen LogP contribution in [0, 0.1) is 5.21 Å². The van der Waals surface area contributed by atoms with Gasteiger partial charge in [0.25, 0.3) is 0 Å². The first-order valence-corrected chi connectivity index (χ1v) is 9.00. The Kier molecular flexibility index (Phi) is 3.31. The second-order valence-electron chi connectivity index (χ2n) is 6.67. The van der Waals surface area contributed by atoms with Crippen molar-refractivity contribution in [2.45, 2.75) is 6.42 Å². The fraction of sp³-hybridized carbons (Fsp3) is 0.150. The molecule has 1 N–H and O–H groups in total. The minimum atomic E-state index is 0.141. The molecule has 4 aromatic rings. The van der Waals surface area contributed by atoms with Crippen LogP contribution < -0.4 is 23.7 Å². The van der Waals surface area contributed by atoms with E-state index in [1.54, 1.807) is 36.7 Å². The van der Waals surface area contributed by atoms with Gasteiger partial charge in [-0.2, -0.15) is 0 Å². The number of fused-ring (bicyclic) bond motifs is 3. The Hall–Kier alpha value is -4.01. The molecule has 29 heavy (non-hydrogen) atoms. The van der Waals surface area contributed by atoms with Gasteiger partial charge in [-0.15, -0.1) is 0 Å². The van der Waals surface area contributed by atoms with Crippen LogP contribution in [0.3, 0.4) is 0 Å². The van der Waals surface area contributed by atoms with Gasteiger partial charge in [0.15, 0.2) is 28.5 Å². The molecule has 0 aliphatic carbocycles. The number of hydrogen-bond donors (Lipinski definition) is 1. The van der Waals surface area contributed by atoms with E-state index in [4.69, 9.17) is 18.9 Å². The average molecular weight is 390 g/mol. The molecule has 0 saturated heterocycles. The van der Waals surface area contributed by atoms with Crippen molar-refractivity contribution in [3.05, 3.63) is 59.6 Å². The summed E-state index contributed by atoms with van der Waals surface area (Å²) >= 11 is 0. The third-order valence-corrected chi connectivity index (χ3v) is 4.96. The van der Waals surface area contributed by atoms with Crippen LogP contribution in [0.15, 0.2) is 42.7 Å². The molecular formula is C20H14N4O5. The summed E-state index contributed by atoms with van der Waals surface area (Å²) in [5.74, 6) is 3.41. The monoisotopic (exact) mass is 390 g/mol. The van der Waals surface area contributed by atoms with Crippen molar-refractivity contribution in [3.8, 4) is 34.3 Å². The Morgan fingerprint density at radius 2 is 1.72 bits per heavy atom. The molecule has 2 aliphatic heterocycles. The average Bonchev–Trinajstić information content (AvgIpc) is 3.48. The number of nitrogens with one attached hydrogen (secondary N) is 1. The van der Waals surface area contributed by atoms with Crippen molar-refractivity contribution in [1.82, 2.24) is 15.0 Å². The molecule has 144 valence electrons. The summed E-state index contributed by atoms with van der Waals surface area (Å²) in [6.07, 6.45) is 3.61. The van der Waals surface area contributed by atoms with Crippen molar-refractivity contribution in [2.24, 2.45) is 0 Å². The molecule has 2 aliphatic rings.